The van der Waals surface area contributed by atoms with E-state index in [1.54, 1.807) is 0 Å². The van der Waals surface area contributed by atoms with Crippen LogP contribution in [0.1, 0.15) is 26.5 Å². The number of halogens is 3. The Hall–Kier alpha value is -1.61. The van der Waals surface area contributed by atoms with Crippen LogP contribution in [0.2, 0.25) is 0 Å². The molecule has 2 rings (SSSR count). The van der Waals surface area contributed by atoms with Gasteiger partial charge in [-0.3, -0.25) is 9.69 Å². The Bertz CT molecular complexity index is 559. The summed E-state index contributed by atoms with van der Waals surface area (Å²) in [5.41, 5.74) is 0.0485. The number of carboxylic acid groups (broad SMARTS) is 1. The number of rotatable bonds is 5. The lowest BCUT2D eigenvalue weighted by Gasteiger charge is -2.17. The highest BCUT2D eigenvalue weighted by Crippen LogP contribution is 2.22. The minimum absolute atomic E-state index is 0.0230. The minimum atomic E-state index is -4.21. The first-order valence-electron chi connectivity index (χ1n) is 6.64. The summed E-state index contributed by atoms with van der Waals surface area (Å²) in [6.07, 6.45) is -3.61. The van der Waals surface area contributed by atoms with Gasteiger partial charge in [-0.05, 0) is 24.9 Å². The predicted octanol–water partition coefficient (Wildman–Crippen LogP) is 2.06. The van der Waals surface area contributed by atoms with E-state index < -0.39 is 24.6 Å². The van der Waals surface area contributed by atoms with E-state index in [4.69, 9.17) is 5.11 Å². The lowest BCUT2D eigenvalue weighted by molar-refractivity contribution is -0.143. The summed E-state index contributed by atoms with van der Waals surface area (Å²) in [6, 6.07) is 1.28. The fourth-order valence-electron chi connectivity index (χ4n) is 2.37. The van der Waals surface area contributed by atoms with Crippen molar-refractivity contribution in [2.45, 2.75) is 12.6 Å². The number of thiophene rings is 1. The van der Waals surface area contributed by atoms with Crippen molar-refractivity contribution in [1.29, 1.82) is 0 Å². The van der Waals surface area contributed by atoms with Gasteiger partial charge in [-0.15, -0.1) is 11.3 Å². The molecule has 122 valence electrons. The van der Waals surface area contributed by atoms with Crippen LogP contribution in [-0.2, 0) is 0 Å². The Morgan fingerprint density at radius 1 is 1.45 bits per heavy atom. The summed E-state index contributed by atoms with van der Waals surface area (Å²) in [5, 5.41) is 12.8. The van der Waals surface area contributed by atoms with Gasteiger partial charge in [0.1, 0.15) is 0 Å². The van der Waals surface area contributed by atoms with Crippen molar-refractivity contribution in [3.8, 4) is 0 Å². The van der Waals surface area contributed by atoms with Crippen molar-refractivity contribution in [2.75, 3.05) is 26.2 Å². The second-order valence-corrected chi connectivity index (χ2v) is 6.13. The molecule has 0 aromatic carbocycles. The van der Waals surface area contributed by atoms with E-state index in [1.165, 1.54) is 16.3 Å². The van der Waals surface area contributed by atoms with Gasteiger partial charge in [0.05, 0.1) is 17.0 Å². The Morgan fingerprint density at radius 2 is 2.18 bits per heavy atom. The Labute approximate surface area is 128 Å². The standard InChI is InChI=1S/C13H15F3N2O3S/c14-13(15,16)7-18-2-1-8(5-18)4-17-11(19)10-3-9(6-22-10)12(20)21/h3,6,8H,1-2,4-5,7H2,(H,17,19)(H,20,21). The van der Waals surface area contributed by atoms with E-state index in [-0.39, 0.29) is 22.9 Å². The number of carbonyl (C=O) groups is 2. The number of carbonyl (C=O) groups excluding carboxylic acids is 1. The Morgan fingerprint density at radius 3 is 2.77 bits per heavy atom. The molecule has 2 heterocycles. The number of aromatic carboxylic acids is 1. The van der Waals surface area contributed by atoms with Crippen molar-refractivity contribution >= 4 is 23.2 Å². The van der Waals surface area contributed by atoms with Crippen LogP contribution in [0.4, 0.5) is 13.2 Å². The monoisotopic (exact) mass is 336 g/mol. The first-order chi connectivity index (χ1) is 10.2. The number of nitrogens with one attached hydrogen (secondary N) is 1. The number of likely N-dealkylation sites (tertiary alicyclic amines) is 1. The maximum Gasteiger partial charge on any atom is 0.401 e. The van der Waals surface area contributed by atoms with Gasteiger partial charge in [0.2, 0.25) is 0 Å². The average Bonchev–Trinajstić information content (AvgIpc) is 3.02. The molecule has 0 spiro atoms. The molecule has 0 aliphatic carbocycles. The molecule has 1 atom stereocenters. The first-order valence-corrected chi connectivity index (χ1v) is 7.51. The van der Waals surface area contributed by atoms with Crippen LogP contribution in [-0.4, -0.2) is 54.2 Å². The molecule has 1 aromatic rings. The van der Waals surface area contributed by atoms with E-state index in [1.807, 2.05) is 0 Å². The van der Waals surface area contributed by atoms with Crippen LogP contribution in [0.25, 0.3) is 0 Å². The predicted molar refractivity (Wildman–Crippen MR) is 74.2 cm³/mol. The van der Waals surface area contributed by atoms with Crippen molar-refractivity contribution in [1.82, 2.24) is 10.2 Å². The highest BCUT2D eigenvalue weighted by molar-refractivity contribution is 7.12. The van der Waals surface area contributed by atoms with Gasteiger partial charge >= 0.3 is 12.1 Å². The quantitative estimate of drug-likeness (QED) is 0.864. The second kappa shape index (κ2) is 6.66. The van der Waals surface area contributed by atoms with Gasteiger partial charge in [0, 0.05) is 18.5 Å². The maximum atomic E-state index is 12.3. The van der Waals surface area contributed by atoms with E-state index in [0.717, 1.165) is 11.3 Å². The fourth-order valence-corrected chi connectivity index (χ4v) is 3.17. The van der Waals surface area contributed by atoms with E-state index in [2.05, 4.69) is 5.32 Å². The van der Waals surface area contributed by atoms with Crippen LogP contribution in [0, 0.1) is 5.92 Å². The third-order valence-electron chi connectivity index (χ3n) is 3.39. The molecule has 9 heteroatoms. The summed E-state index contributed by atoms with van der Waals surface area (Å²) in [4.78, 5) is 24.2. The lowest BCUT2D eigenvalue weighted by atomic mass is 10.1. The summed E-state index contributed by atoms with van der Waals surface area (Å²) in [7, 11) is 0. The molecular weight excluding hydrogens is 321 g/mol. The molecule has 1 fully saturated rings. The molecule has 1 aliphatic rings. The smallest absolute Gasteiger partial charge is 0.401 e. The zero-order valence-corrected chi connectivity index (χ0v) is 12.3. The molecule has 1 aromatic heterocycles. The number of hydrogen-bond donors (Lipinski definition) is 2. The highest BCUT2D eigenvalue weighted by atomic mass is 32.1. The van der Waals surface area contributed by atoms with Crippen molar-refractivity contribution < 1.29 is 27.9 Å². The summed E-state index contributed by atoms with van der Waals surface area (Å²) in [5.74, 6) is -1.52. The Kier molecular flexibility index (Phi) is 5.07. The van der Waals surface area contributed by atoms with Crippen LogP contribution in [0.3, 0.4) is 0 Å². The van der Waals surface area contributed by atoms with Crippen molar-refractivity contribution in [3.05, 3.63) is 21.9 Å². The number of alkyl halides is 3. The van der Waals surface area contributed by atoms with Crippen molar-refractivity contribution in [2.24, 2.45) is 5.92 Å². The van der Waals surface area contributed by atoms with Gasteiger partial charge < -0.3 is 10.4 Å². The second-order valence-electron chi connectivity index (χ2n) is 5.22. The molecule has 5 nitrogen and oxygen atoms in total. The molecule has 1 unspecified atom stereocenters. The average molecular weight is 336 g/mol. The minimum Gasteiger partial charge on any atom is -0.478 e. The van der Waals surface area contributed by atoms with Gasteiger partial charge in [-0.1, -0.05) is 0 Å². The topological polar surface area (TPSA) is 69.6 Å². The van der Waals surface area contributed by atoms with Crippen LogP contribution < -0.4 is 5.32 Å². The van der Waals surface area contributed by atoms with Crippen LogP contribution >= 0.6 is 11.3 Å². The number of hydrogen-bond acceptors (Lipinski definition) is 4. The van der Waals surface area contributed by atoms with Crippen LogP contribution in [0.15, 0.2) is 11.4 Å². The van der Waals surface area contributed by atoms with Gasteiger partial charge in [0.15, 0.2) is 0 Å². The SMILES string of the molecule is O=C(O)c1csc(C(=O)NCC2CCN(CC(F)(F)F)C2)c1. The molecule has 1 aliphatic heterocycles. The summed E-state index contributed by atoms with van der Waals surface area (Å²) in [6.45, 7) is 0.0185. The Balaban J connectivity index is 1.78. The molecule has 0 radical (unpaired) electrons. The zero-order valence-electron chi connectivity index (χ0n) is 11.5. The van der Waals surface area contributed by atoms with E-state index >= 15 is 0 Å². The molecule has 22 heavy (non-hydrogen) atoms. The van der Waals surface area contributed by atoms with Gasteiger partial charge in [-0.25, -0.2) is 4.79 Å². The normalized spacial score (nSPS) is 19.3. The van der Waals surface area contributed by atoms with E-state index in [9.17, 15) is 22.8 Å². The largest absolute Gasteiger partial charge is 0.478 e. The third kappa shape index (κ3) is 4.70. The maximum absolute atomic E-state index is 12.3. The molecule has 0 saturated carbocycles. The lowest BCUT2D eigenvalue weighted by Crippen LogP contribution is -2.34. The number of amides is 1. The zero-order chi connectivity index (χ0) is 16.3. The van der Waals surface area contributed by atoms with Gasteiger partial charge in [0.25, 0.3) is 5.91 Å². The molecular formula is C13H15F3N2O3S. The molecule has 1 amide bonds. The van der Waals surface area contributed by atoms with Crippen molar-refractivity contribution in [3.63, 3.8) is 0 Å². The summed E-state index contributed by atoms with van der Waals surface area (Å²) >= 11 is 1.02. The van der Waals surface area contributed by atoms with Gasteiger partial charge in [-0.2, -0.15) is 13.2 Å². The molecule has 2 N–H and O–H groups in total. The fraction of sp³-hybridized carbons (Fsp3) is 0.538. The first kappa shape index (κ1) is 16.8. The highest BCUT2D eigenvalue weighted by Gasteiger charge is 2.34. The van der Waals surface area contributed by atoms with Crippen LogP contribution in [0.5, 0.6) is 0 Å². The number of nitrogens with zero attached hydrogens (tertiary/aromatic N) is 1. The third-order valence-corrected chi connectivity index (χ3v) is 4.32. The number of carboxylic acids is 1. The molecule has 1 saturated heterocycles. The summed E-state index contributed by atoms with van der Waals surface area (Å²) < 4.78 is 36.8. The molecule has 0 bridgehead atoms. The van der Waals surface area contributed by atoms with E-state index in [0.29, 0.717) is 19.5 Å².